The quantitative estimate of drug-likeness (QED) is 0.602. The molecular weight excluding hydrogens is 476 g/mol. The average molecular weight is 506 g/mol. The van der Waals surface area contributed by atoms with E-state index in [0.717, 1.165) is 0 Å². The number of nitrogens with one attached hydrogen (secondary N) is 2. The summed E-state index contributed by atoms with van der Waals surface area (Å²) >= 11 is 0. The zero-order chi connectivity index (χ0) is 26.3. The van der Waals surface area contributed by atoms with Crippen molar-refractivity contribution in [3.63, 3.8) is 0 Å². The lowest BCUT2D eigenvalue weighted by atomic mass is 9.89. The number of alkyl halides is 2. The Hall–Kier alpha value is -3.50. The summed E-state index contributed by atoms with van der Waals surface area (Å²) in [5, 5.41) is 5.06. The van der Waals surface area contributed by atoms with E-state index in [1.165, 1.54) is 17.2 Å². The summed E-state index contributed by atoms with van der Waals surface area (Å²) < 4.78 is 41.1. The first-order valence-electron chi connectivity index (χ1n) is 11.9. The van der Waals surface area contributed by atoms with Crippen LogP contribution < -0.4 is 10.6 Å². The fourth-order valence-corrected chi connectivity index (χ4v) is 4.58. The molecular formula is C25H29F2N3O6. The standard InChI is InChI=1S/C25H29F2N3O6/c1-24(2,3)36-23(34)30-11-9-14(10-12-30)25(26,27)22(33)28-18-6-4-5-15-17(13-35-20(15)18)16-7-8-19(31)29-21(16)32/h4-6,13-14,16H,7-12H2,1-3H3,(H,28,33)(H,29,31,32). The molecule has 0 aliphatic carbocycles. The van der Waals surface area contributed by atoms with Crippen LogP contribution in [0.15, 0.2) is 28.9 Å². The lowest BCUT2D eigenvalue weighted by molar-refractivity contribution is -0.150. The molecule has 194 valence electrons. The van der Waals surface area contributed by atoms with Crippen LogP contribution in [-0.2, 0) is 19.1 Å². The van der Waals surface area contributed by atoms with Gasteiger partial charge < -0.3 is 19.4 Å². The van der Waals surface area contributed by atoms with Gasteiger partial charge in [-0.2, -0.15) is 8.78 Å². The maximum absolute atomic E-state index is 15.1. The Labute approximate surface area is 206 Å². The number of amides is 4. The van der Waals surface area contributed by atoms with Crippen LogP contribution in [0.1, 0.15) is 57.9 Å². The molecule has 4 rings (SSSR count). The Bertz CT molecular complexity index is 1190. The molecule has 9 nitrogen and oxygen atoms in total. The molecule has 0 bridgehead atoms. The molecule has 1 aromatic carbocycles. The number of anilines is 1. The van der Waals surface area contributed by atoms with Gasteiger partial charge >= 0.3 is 12.0 Å². The van der Waals surface area contributed by atoms with E-state index in [-0.39, 0.29) is 49.5 Å². The molecule has 2 aliphatic heterocycles. The predicted molar refractivity (Wildman–Crippen MR) is 125 cm³/mol. The highest BCUT2D eigenvalue weighted by molar-refractivity contribution is 6.06. The Kier molecular flexibility index (Phi) is 6.76. The maximum atomic E-state index is 15.1. The summed E-state index contributed by atoms with van der Waals surface area (Å²) in [5.74, 6) is -7.81. The minimum Gasteiger partial charge on any atom is -0.462 e. The summed E-state index contributed by atoms with van der Waals surface area (Å²) in [7, 11) is 0. The fourth-order valence-electron chi connectivity index (χ4n) is 4.58. The van der Waals surface area contributed by atoms with Crippen molar-refractivity contribution in [1.29, 1.82) is 0 Å². The van der Waals surface area contributed by atoms with Crippen molar-refractivity contribution in [3.8, 4) is 0 Å². The molecule has 2 aromatic rings. The molecule has 36 heavy (non-hydrogen) atoms. The van der Waals surface area contributed by atoms with Crippen LogP contribution in [0.25, 0.3) is 11.0 Å². The zero-order valence-corrected chi connectivity index (χ0v) is 20.4. The Morgan fingerprint density at radius 2 is 1.83 bits per heavy atom. The second-order valence-corrected chi connectivity index (χ2v) is 10.2. The van der Waals surface area contributed by atoms with E-state index in [1.54, 1.807) is 32.9 Å². The molecule has 11 heteroatoms. The van der Waals surface area contributed by atoms with Gasteiger partial charge in [0.05, 0.1) is 17.9 Å². The van der Waals surface area contributed by atoms with Gasteiger partial charge in [0.15, 0.2) is 5.58 Å². The van der Waals surface area contributed by atoms with Crippen LogP contribution in [0.3, 0.4) is 0 Å². The van der Waals surface area contributed by atoms with E-state index < -0.39 is 41.3 Å². The molecule has 4 amide bonds. The summed E-state index contributed by atoms with van der Waals surface area (Å²) in [6.07, 6.45) is 1.17. The van der Waals surface area contributed by atoms with Crippen LogP contribution in [0, 0.1) is 5.92 Å². The van der Waals surface area contributed by atoms with Crippen LogP contribution in [-0.4, -0.2) is 53.3 Å². The number of fused-ring (bicyclic) bond motifs is 1. The lowest BCUT2D eigenvalue weighted by Gasteiger charge is -2.35. The average Bonchev–Trinajstić information content (AvgIpc) is 3.23. The van der Waals surface area contributed by atoms with Gasteiger partial charge in [0.25, 0.3) is 5.91 Å². The highest BCUT2D eigenvalue weighted by atomic mass is 19.3. The van der Waals surface area contributed by atoms with Crippen molar-refractivity contribution < 1.29 is 37.1 Å². The van der Waals surface area contributed by atoms with E-state index in [1.807, 2.05) is 0 Å². The van der Waals surface area contributed by atoms with Crippen LogP contribution in [0.4, 0.5) is 19.3 Å². The van der Waals surface area contributed by atoms with Crippen molar-refractivity contribution in [1.82, 2.24) is 10.2 Å². The number of hydrogen-bond acceptors (Lipinski definition) is 6. The summed E-state index contributed by atoms with van der Waals surface area (Å²) in [5.41, 5.74) is 0.0540. The molecule has 2 saturated heterocycles. The molecule has 0 spiro atoms. The second-order valence-electron chi connectivity index (χ2n) is 10.2. The number of piperidine rings is 2. The summed E-state index contributed by atoms with van der Waals surface area (Å²) in [6.45, 7) is 5.30. The number of carbonyl (C=O) groups is 4. The third-order valence-corrected chi connectivity index (χ3v) is 6.45. The second kappa shape index (κ2) is 9.51. The maximum Gasteiger partial charge on any atom is 0.410 e. The number of para-hydroxylation sites is 1. The number of hydrogen-bond donors (Lipinski definition) is 2. The molecule has 1 atom stereocenters. The minimum atomic E-state index is -3.68. The van der Waals surface area contributed by atoms with Gasteiger partial charge in [-0.15, -0.1) is 0 Å². The smallest absolute Gasteiger partial charge is 0.410 e. The molecule has 1 unspecified atom stereocenters. The van der Waals surface area contributed by atoms with Crippen LogP contribution >= 0.6 is 0 Å². The first kappa shape index (κ1) is 25.6. The first-order chi connectivity index (χ1) is 16.9. The van der Waals surface area contributed by atoms with Crippen molar-refractivity contribution >= 4 is 40.5 Å². The highest BCUT2D eigenvalue weighted by Gasteiger charge is 2.48. The zero-order valence-electron chi connectivity index (χ0n) is 20.4. The molecule has 1 aromatic heterocycles. The van der Waals surface area contributed by atoms with Crippen molar-refractivity contribution in [2.75, 3.05) is 18.4 Å². The number of imide groups is 1. The van der Waals surface area contributed by atoms with E-state index in [2.05, 4.69) is 10.6 Å². The van der Waals surface area contributed by atoms with Gasteiger partial charge in [0.1, 0.15) is 5.60 Å². The van der Waals surface area contributed by atoms with E-state index in [0.29, 0.717) is 17.4 Å². The molecule has 0 radical (unpaired) electrons. The fraction of sp³-hybridized carbons (Fsp3) is 0.520. The normalized spacial score (nSPS) is 19.8. The highest BCUT2D eigenvalue weighted by Crippen LogP contribution is 2.38. The van der Waals surface area contributed by atoms with Gasteiger partial charge in [-0.1, -0.05) is 12.1 Å². The number of rotatable bonds is 4. The van der Waals surface area contributed by atoms with Gasteiger partial charge in [0, 0.05) is 36.4 Å². The van der Waals surface area contributed by atoms with Crippen molar-refractivity contribution in [2.24, 2.45) is 5.92 Å². The Balaban J connectivity index is 1.45. The molecule has 2 fully saturated rings. The predicted octanol–water partition coefficient (Wildman–Crippen LogP) is 4.17. The van der Waals surface area contributed by atoms with Gasteiger partial charge in [-0.05, 0) is 46.1 Å². The molecule has 2 N–H and O–H groups in total. The van der Waals surface area contributed by atoms with Gasteiger partial charge in [0.2, 0.25) is 11.8 Å². The number of carbonyl (C=O) groups excluding carboxylic acids is 4. The first-order valence-corrected chi connectivity index (χ1v) is 11.9. The SMILES string of the molecule is CC(C)(C)OC(=O)N1CCC(C(F)(F)C(=O)Nc2cccc3c(C4CCC(=O)NC4=O)coc23)CC1. The molecule has 0 saturated carbocycles. The van der Waals surface area contributed by atoms with Crippen molar-refractivity contribution in [3.05, 3.63) is 30.0 Å². The number of likely N-dealkylation sites (tertiary alicyclic amines) is 1. The minimum absolute atomic E-state index is 0.0513. The lowest BCUT2D eigenvalue weighted by Crippen LogP contribution is -2.49. The number of benzene rings is 1. The van der Waals surface area contributed by atoms with Gasteiger partial charge in [-0.25, -0.2) is 4.79 Å². The molecule has 3 heterocycles. The Morgan fingerprint density at radius 1 is 1.14 bits per heavy atom. The number of nitrogens with zero attached hydrogens (tertiary/aromatic N) is 1. The van der Waals surface area contributed by atoms with Crippen LogP contribution in [0.2, 0.25) is 0 Å². The van der Waals surface area contributed by atoms with E-state index in [9.17, 15) is 19.2 Å². The Morgan fingerprint density at radius 3 is 2.47 bits per heavy atom. The monoisotopic (exact) mass is 505 g/mol. The van der Waals surface area contributed by atoms with Gasteiger partial charge in [-0.3, -0.25) is 19.7 Å². The van der Waals surface area contributed by atoms with E-state index >= 15 is 8.78 Å². The van der Waals surface area contributed by atoms with Crippen LogP contribution in [0.5, 0.6) is 0 Å². The topological polar surface area (TPSA) is 118 Å². The number of furan rings is 1. The summed E-state index contributed by atoms with van der Waals surface area (Å²) in [4.78, 5) is 50.0. The van der Waals surface area contributed by atoms with E-state index in [4.69, 9.17) is 9.15 Å². The third-order valence-electron chi connectivity index (χ3n) is 6.45. The largest absolute Gasteiger partial charge is 0.462 e. The molecule has 2 aliphatic rings. The summed E-state index contributed by atoms with van der Waals surface area (Å²) in [6, 6.07) is 4.68. The third kappa shape index (κ3) is 5.19. The van der Waals surface area contributed by atoms with Crippen molar-refractivity contribution in [2.45, 2.75) is 63.9 Å². The number of ether oxygens (including phenoxy) is 1. The number of halogens is 2.